The molecule has 16 heavy (non-hydrogen) atoms. The van der Waals surface area contributed by atoms with Crippen molar-refractivity contribution >= 4 is 30.4 Å². The predicted octanol–water partition coefficient (Wildman–Crippen LogP) is 3.47. The van der Waals surface area contributed by atoms with E-state index in [1.165, 1.54) is 0 Å². The summed E-state index contributed by atoms with van der Waals surface area (Å²) in [7, 11) is 0. The smallest absolute Gasteiger partial charge is 0.183 e. The predicted molar refractivity (Wildman–Crippen MR) is 74.1 cm³/mol. The Balaban J connectivity index is 0. The van der Waals surface area contributed by atoms with E-state index < -0.39 is 0 Å². The van der Waals surface area contributed by atoms with Gasteiger partial charge in [0, 0.05) is 36.8 Å². The van der Waals surface area contributed by atoms with Gasteiger partial charge >= 0.3 is 0 Å². The van der Waals surface area contributed by atoms with Gasteiger partial charge in [-0.15, -0.1) is 0 Å². The topological polar surface area (TPSA) is 24.4 Å². The van der Waals surface area contributed by atoms with Crippen LogP contribution in [0.1, 0.15) is 20.3 Å². The molecule has 0 heterocycles. The molecule has 1 aromatic rings. The van der Waals surface area contributed by atoms with E-state index >= 15 is 0 Å². The number of para-hydroxylation sites is 1. The van der Waals surface area contributed by atoms with Gasteiger partial charge in [-0.25, -0.2) is 12.5 Å². The van der Waals surface area contributed by atoms with Gasteiger partial charge in [0.1, 0.15) is 0 Å². The summed E-state index contributed by atoms with van der Waals surface area (Å²) in [5, 5.41) is 4.18. The Kier molecular flexibility index (Phi) is 15.3. The zero-order valence-corrected chi connectivity index (χ0v) is 15.1. The molecule has 0 saturated carbocycles. The van der Waals surface area contributed by atoms with Gasteiger partial charge in [-0.2, -0.15) is 5.10 Å². The number of nitrogens with zero attached hydrogens (tertiary/aromatic N) is 1. The van der Waals surface area contributed by atoms with E-state index in [2.05, 4.69) is 29.9 Å². The maximum absolute atomic E-state index is 4.18. The summed E-state index contributed by atoms with van der Waals surface area (Å²) in [6, 6.07) is 9.94. The van der Waals surface area contributed by atoms with E-state index in [-0.39, 0.29) is 31.1 Å². The number of rotatable bonds is 3. The number of nitrogens with one attached hydrogen (secondary N) is 1. The van der Waals surface area contributed by atoms with E-state index in [0.717, 1.165) is 17.8 Å². The number of hydrogen-bond donors (Lipinski definition) is 2. The van der Waals surface area contributed by atoms with Crippen LogP contribution < -0.4 is 5.43 Å². The largest absolute Gasteiger partial charge is 0.279 e. The van der Waals surface area contributed by atoms with Crippen molar-refractivity contribution in [3.63, 3.8) is 0 Å². The number of thiol groups is 1. The third-order valence-electron chi connectivity index (χ3n) is 1.66. The third-order valence-corrected chi connectivity index (χ3v) is 1.66. The zero-order valence-electron chi connectivity index (χ0n) is 10.1. The first-order valence-corrected chi connectivity index (χ1v) is 5.52. The maximum Gasteiger partial charge on any atom is 0.183 e. The molecule has 0 amide bonds. The van der Waals surface area contributed by atoms with Gasteiger partial charge in [-0.05, 0) is 25.5 Å². The van der Waals surface area contributed by atoms with Crippen molar-refractivity contribution in [2.24, 2.45) is 5.10 Å². The molecule has 0 bridgehead atoms. The summed E-state index contributed by atoms with van der Waals surface area (Å²) in [6.07, 6.45) is 0.986. The summed E-state index contributed by atoms with van der Waals surface area (Å²) in [5.74, 6) is 0. The molecule has 0 unspecified atom stereocenters. The summed E-state index contributed by atoms with van der Waals surface area (Å²) in [5.41, 5.74) is 5.13. The van der Waals surface area contributed by atoms with E-state index in [9.17, 15) is 0 Å². The summed E-state index contributed by atoms with van der Waals surface area (Å²) < 4.78 is 0. The van der Waals surface area contributed by atoms with Crippen molar-refractivity contribution in [2.45, 2.75) is 27.1 Å². The molecule has 85 valence electrons. The van der Waals surface area contributed by atoms with Crippen LogP contribution in [-0.4, -0.2) is 12.3 Å². The Hall–Kier alpha value is 0.157. The molecule has 0 fully saturated rings. The normalized spacial score (nSPS) is 9.38. The minimum atomic E-state index is 0. The van der Waals surface area contributed by atoms with Crippen molar-refractivity contribution in [2.75, 3.05) is 5.43 Å². The standard InChI is InChI=1S/C10H14N2.CH4BS.U/c1-3-9(2)11-12-10-7-5-4-6-8-10;1-2-3;/h4-8,12H,3H2,1-2H3;3H,1H3;/b11-9-;;. The van der Waals surface area contributed by atoms with E-state index in [1.807, 2.05) is 44.1 Å². The Morgan fingerprint density at radius 2 is 1.88 bits per heavy atom. The summed E-state index contributed by atoms with van der Waals surface area (Å²) in [4.78, 5) is 0. The fraction of sp³-hybridized carbons (Fsp3) is 0.364. The third kappa shape index (κ3) is 10.7. The molecule has 0 aliphatic rings. The zero-order chi connectivity index (χ0) is 11.5. The molecule has 1 radical (unpaired) electrons. The second kappa shape index (κ2) is 13.2. The fourth-order valence-corrected chi connectivity index (χ4v) is 0.752. The molecule has 0 aliphatic heterocycles. The van der Waals surface area contributed by atoms with Crippen LogP contribution in [-0.2, 0) is 0 Å². The molecular formula is C11H18BN2SU. The fourth-order valence-electron chi connectivity index (χ4n) is 0.752. The molecule has 0 aromatic heterocycles. The molecule has 2 nitrogen and oxygen atoms in total. The molecule has 1 rings (SSSR count). The number of hydrogen-bond acceptors (Lipinski definition) is 3. The van der Waals surface area contributed by atoms with Crippen LogP contribution >= 0.6 is 12.5 Å². The van der Waals surface area contributed by atoms with E-state index in [0.29, 0.717) is 0 Å². The van der Waals surface area contributed by atoms with E-state index in [1.54, 1.807) is 6.56 Å². The quantitative estimate of drug-likeness (QED) is 0.308. The van der Waals surface area contributed by atoms with Gasteiger partial charge < -0.3 is 0 Å². The Labute approximate surface area is 129 Å². The minimum Gasteiger partial charge on any atom is -0.279 e. The average molecular weight is 459 g/mol. The maximum atomic E-state index is 4.18. The molecule has 0 aliphatic carbocycles. The van der Waals surface area contributed by atoms with Gasteiger partial charge in [0.2, 0.25) is 0 Å². The molecule has 0 spiro atoms. The SMILES string of the molecule is CC/C(C)=N\Nc1ccccc1.C[B]S.[U]. The van der Waals surface area contributed by atoms with Crippen molar-refractivity contribution in [3.05, 3.63) is 30.3 Å². The van der Waals surface area contributed by atoms with E-state index in [4.69, 9.17) is 0 Å². The van der Waals surface area contributed by atoms with Crippen molar-refractivity contribution < 1.29 is 31.1 Å². The van der Waals surface area contributed by atoms with Crippen molar-refractivity contribution in [1.82, 2.24) is 0 Å². The van der Waals surface area contributed by atoms with Crippen LogP contribution in [0.2, 0.25) is 6.82 Å². The number of anilines is 1. The Bertz CT molecular complexity index is 281. The second-order valence-electron chi connectivity index (χ2n) is 2.94. The summed E-state index contributed by atoms with van der Waals surface area (Å²) >= 11 is 3.66. The van der Waals surface area contributed by atoms with Gasteiger partial charge in [-0.1, -0.05) is 31.9 Å². The summed E-state index contributed by atoms with van der Waals surface area (Å²) in [6.45, 7) is 7.66. The molecular weight excluding hydrogens is 441 g/mol. The molecule has 0 saturated heterocycles. The number of benzene rings is 1. The Morgan fingerprint density at radius 3 is 2.31 bits per heavy atom. The van der Waals surface area contributed by atoms with Crippen molar-refractivity contribution in [1.29, 1.82) is 0 Å². The monoisotopic (exact) mass is 459 g/mol. The van der Waals surface area contributed by atoms with Gasteiger partial charge in [-0.3, -0.25) is 5.43 Å². The van der Waals surface area contributed by atoms with Gasteiger partial charge in [0.25, 0.3) is 0 Å². The molecule has 1 aromatic carbocycles. The second-order valence-corrected chi connectivity index (χ2v) is 3.45. The molecule has 0 atom stereocenters. The number of hydrazone groups is 1. The minimum absolute atomic E-state index is 0. The Morgan fingerprint density at radius 1 is 1.38 bits per heavy atom. The van der Waals surface area contributed by atoms with Gasteiger partial charge in [0.15, 0.2) is 6.56 Å². The van der Waals surface area contributed by atoms with Crippen LogP contribution in [0.15, 0.2) is 35.4 Å². The van der Waals surface area contributed by atoms with Gasteiger partial charge in [0.05, 0.1) is 5.69 Å². The van der Waals surface area contributed by atoms with Crippen LogP contribution in [0.25, 0.3) is 0 Å². The van der Waals surface area contributed by atoms with Crippen LogP contribution in [0, 0.1) is 31.1 Å². The molecule has 1 N–H and O–H groups in total. The average Bonchev–Trinajstić information content (AvgIpc) is 2.28. The first kappa shape index (κ1) is 18.5. The first-order valence-electron chi connectivity index (χ1n) is 5.00. The van der Waals surface area contributed by atoms with Crippen LogP contribution in [0.5, 0.6) is 0 Å². The van der Waals surface area contributed by atoms with Crippen LogP contribution in [0.4, 0.5) is 5.69 Å². The van der Waals surface area contributed by atoms with Crippen molar-refractivity contribution in [3.8, 4) is 0 Å². The van der Waals surface area contributed by atoms with Crippen LogP contribution in [0.3, 0.4) is 0 Å². The molecule has 5 heteroatoms. The first-order chi connectivity index (χ1) is 7.24.